The highest BCUT2D eigenvalue weighted by Gasteiger charge is 2.07. The summed E-state index contributed by atoms with van der Waals surface area (Å²) in [6, 6.07) is 14.5. The molecule has 2 rings (SSSR count). The number of carbonyl (C=O) groups is 1. The average Bonchev–Trinajstić information content (AvgIpc) is 2.66. The van der Waals surface area contributed by atoms with Crippen molar-refractivity contribution in [3.8, 4) is 17.6 Å². The van der Waals surface area contributed by atoms with Crippen LogP contribution in [0.15, 0.2) is 48.5 Å². The Balaban J connectivity index is 2.02. The Morgan fingerprint density at radius 1 is 1.23 bits per heavy atom. The van der Waals surface area contributed by atoms with E-state index in [0.29, 0.717) is 23.1 Å². The number of carbonyl (C=O) groups excluding carboxylic acids is 1. The third-order valence-electron chi connectivity index (χ3n) is 3.61. The molecule has 0 atom stereocenters. The molecule has 2 aromatic carbocycles. The number of nitriles is 1. The van der Waals surface area contributed by atoms with Gasteiger partial charge in [0.2, 0.25) is 5.91 Å². The lowest BCUT2D eigenvalue weighted by molar-refractivity contribution is -0.125. The van der Waals surface area contributed by atoms with Crippen molar-refractivity contribution in [2.24, 2.45) is 0 Å². The topological polar surface area (TPSA) is 62.6 Å². The predicted molar refractivity (Wildman–Crippen MR) is 101 cm³/mol. The van der Waals surface area contributed by atoms with Gasteiger partial charge in [0.25, 0.3) is 0 Å². The molecule has 0 saturated carbocycles. The number of hydrogen-bond donors (Lipinski definition) is 0. The predicted octanol–water partition coefficient (Wildman–Crippen LogP) is 3.92. The summed E-state index contributed by atoms with van der Waals surface area (Å²) in [5.41, 5.74) is 1.79. The second kappa shape index (κ2) is 9.50. The number of ether oxygens (including phenoxy) is 2. The number of methoxy groups -OCH3 is 1. The zero-order valence-electron chi connectivity index (χ0n) is 14.6. The molecule has 0 heterocycles. The van der Waals surface area contributed by atoms with E-state index >= 15 is 0 Å². The fourth-order valence-electron chi connectivity index (χ4n) is 2.25. The molecule has 5 nitrogen and oxygen atoms in total. The van der Waals surface area contributed by atoms with Crippen molar-refractivity contribution in [1.29, 1.82) is 5.26 Å². The summed E-state index contributed by atoms with van der Waals surface area (Å²) in [6.07, 6.45) is 3.21. The van der Waals surface area contributed by atoms with Crippen LogP contribution in [-0.2, 0) is 11.3 Å². The van der Waals surface area contributed by atoms with Crippen LogP contribution in [0, 0.1) is 11.3 Å². The Hall–Kier alpha value is -2.97. The van der Waals surface area contributed by atoms with Crippen molar-refractivity contribution in [2.45, 2.75) is 6.54 Å². The van der Waals surface area contributed by atoms with E-state index in [1.54, 1.807) is 48.4 Å². The lowest BCUT2D eigenvalue weighted by Crippen LogP contribution is -2.24. The van der Waals surface area contributed by atoms with Gasteiger partial charge in [-0.3, -0.25) is 4.79 Å². The first-order valence-electron chi connectivity index (χ1n) is 7.89. The summed E-state index contributed by atoms with van der Waals surface area (Å²) in [5.74, 6) is 0.866. The molecule has 0 bridgehead atoms. The lowest BCUT2D eigenvalue weighted by Gasteiger charge is -2.15. The summed E-state index contributed by atoms with van der Waals surface area (Å²) in [5, 5.41) is 9.25. The summed E-state index contributed by atoms with van der Waals surface area (Å²) >= 11 is 5.87. The molecule has 0 aliphatic carbocycles. The monoisotopic (exact) mass is 370 g/mol. The van der Waals surface area contributed by atoms with Crippen molar-refractivity contribution in [3.63, 3.8) is 0 Å². The molecule has 0 aliphatic heterocycles. The molecule has 0 radical (unpaired) electrons. The van der Waals surface area contributed by atoms with Crippen LogP contribution in [0.1, 0.15) is 11.1 Å². The Morgan fingerprint density at radius 3 is 2.62 bits per heavy atom. The second-order valence-electron chi connectivity index (χ2n) is 5.51. The van der Waals surface area contributed by atoms with Crippen molar-refractivity contribution < 1.29 is 14.3 Å². The first kappa shape index (κ1) is 19.4. The molecule has 6 heteroatoms. The fourth-order valence-corrected chi connectivity index (χ4v) is 2.38. The SMILES string of the molecule is COc1cc(C=CC(=O)N(C)Cc2ccc(Cl)cc2)ccc1OCC#N. The molecule has 26 heavy (non-hydrogen) atoms. The molecule has 0 unspecified atom stereocenters. The average molecular weight is 371 g/mol. The number of hydrogen-bond acceptors (Lipinski definition) is 4. The minimum absolute atomic E-state index is 0.0560. The van der Waals surface area contributed by atoms with Crippen molar-refractivity contribution in [1.82, 2.24) is 4.90 Å². The van der Waals surface area contributed by atoms with Gasteiger partial charge in [0, 0.05) is 24.7 Å². The molecule has 0 N–H and O–H groups in total. The van der Waals surface area contributed by atoms with Crippen molar-refractivity contribution >= 4 is 23.6 Å². The molecule has 0 aromatic heterocycles. The maximum absolute atomic E-state index is 12.3. The van der Waals surface area contributed by atoms with E-state index in [2.05, 4.69) is 0 Å². The third-order valence-corrected chi connectivity index (χ3v) is 3.86. The van der Waals surface area contributed by atoms with E-state index in [-0.39, 0.29) is 12.5 Å². The summed E-state index contributed by atoms with van der Waals surface area (Å²) in [7, 11) is 3.26. The minimum Gasteiger partial charge on any atom is -0.493 e. The van der Waals surface area contributed by atoms with Crippen molar-refractivity contribution in [2.75, 3.05) is 20.8 Å². The van der Waals surface area contributed by atoms with Crippen LogP contribution in [0.25, 0.3) is 6.08 Å². The number of amides is 1. The fraction of sp³-hybridized carbons (Fsp3) is 0.200. The molecule has 2 aromatic rings. The summed E-state index contributed by atoms with van der Waals surface area (Å²) < 4.78 is 10.5. The quantitative estimate of drug-likeness (QED) is 0.693. The Morgan fingerprint density at radius 2 is 1.96 bits per heavy atom. The second-order valence-corrected chi connectivity index (χ2v) is 5.95. The zero-order valence-corrected chi connectivity index (χ0v) is 15.4. The van der Waals surface area contributed by atoms with Crippen LogP contribution in [0.2, 0.25) is 5.02 Å². The van der Waals surface area contributed by atoms with Gasteiger partial charge >= 0.3 is 0 Å². The van der Waals surface area contributed by atoms with E-state index in [4.69, 9.17) is 26.3 Å². The smallest absolute Gasteiger partial charge is 0.246 e. The summed E-state index contributed by atoms with van der Waals surface area (Å²) in [4.78, 5) is 13.9. The van der Waals surface area contributed by atoms with Gasteiger partial charge in [0.15, 0.2) is 18.1 Å². The van der Waals surface area contributed by atoms with E-state index in [1.165, 1.54) is 13.2 Å². The van der Waals surface area contributed by atoms with Gasteiger partial charge in [-0.25, -0.2) is 0 Å². The van der Waals surface area contributed by atoms with E-state index in [9.17, 15) is 4.79 Å². The van der Waals surface area contributed by atoms with Gasteiger partial charge in [0.1, 0.15) is 6.07 Å². The van der Waals surface area contributed by atoms with Gasteiger partial charge in [-0.15, -0.1) is 0 Å². The molecule has 0 spiro atoms. The lowest BCUT2D eigenvalue weighted by atomic mass is 10.1. The largest absolute Gasteiger partial charge is 0.493 e. The minimum atomic E-state index is -0.122. The van der Waals surface area contributed by atoms with Crippen LogP contribution in [-0.4, -0.2) is 31.6 Å². The van der Waals surface area contributed by atoms with Gasteiger partial charge < -0.3 is 14.4 Å². The first-order valence-corrected chi connectivity index (χ1v) is 8.26. The molecule has 0 aliphatic rings. The maximum Gasteiger partial charge on any atom is 0.246 e. The van der Waals surface area contributed by atoms with E-state index in [0.717, 1.165) is 11.1 Å². The highest BCUT2D eigenvalue weighted by molar-refractivity contribution is 6.30. The molecule has 1 amide bonds. The molecule has 134 valence electrons. The highest BCUT2D eigenvalue weighted by Crippen LogP contribution is 2.28. The van der Waals surface area contributed by atoms with Crippen LogP contribution >= 0.6 is 11.6 Å². The number of likely N-dealkylation sites (N-methyl/N-ethyl adjacent to an activating group) is 1. The van der Waals surface area contributed by atoms with Gasteiger partial charge in [-0.05, 0) is 41.5 Å². The zero-order chi connectivity index (χ0) is 18.9. The van der Waals surface area contributed by atoms with Crippen LogP contribution < -0.4 is 9.47 Å². The molecule has 0 fully saturated rings. The van der Waals surface area contributed by atoms with E-state index in [1.807, 2.05) is 18.2 Å². The summed E-state index contributed by atoms with van der Waals surface area (Å²) in [6.45, 7) is 0.435. The first-order chi connectivity index (χ1) is 12.5. The number of benzene rings is 2. The standard InChI is InChI=1S/C20H19ClN2O3/c1-23(14-16-3-7-17(21)8-4-16)20(24)10-6-15-5-9-18(26-12-11-22)19(13-15)25-2/h3-10,13H,12,14H2,1-2H3. The Bertz CT molecular complexity index is 826. The number of halogens is 1. The van der Waals surface area contributed by atoms with Crippen LogP contribution in [0.5, 0.6) is 11.5 Å². The maximum atomic E-state index is 12.3. The third kappa shape index (κ3) is 5.54. The highest BCUT2D eigenvalue weighted by atomic mass is 35.5. The van der Waals surface area contributed by atoms with Crippen LogP contribution in [0.3, 0.4) is 0 Å². The van der Waals surface area contributed by atoms with Gasteiger partial charge in [-0.2, -0.15) is 5.26 Å². The Labute approximate surface area is 158 Å². The molecule has 0 saturated heterocycles. The van der Waals surface area contributed by atoms with Crippen molar-refractivity contribution in [3.05, 3.63) is 64.7 Å². The normalized spacial score (nSPS) is 10.4. The Kier molecular flexibility index (Phi) is 7.07. The number of nitrogens with zero attached hydrogens (tertiary/aromatic N) is 2. The van der Waals surface area contributed by atoms with Gasteiger partial charge in [-0.1, -0.05) is 29.8 Å². The number of rotatable bonds is 7. The molecular formula is C20H19ClN2O3. The van der Waals surface area contributed by atoms with Crippen LogP contribution in [0.4, 0.5) is 0 Å². The van der Waals surface area contributed by atoms with E-state index < -0.39 is 0 Å². The van der Waals surface area contributed by atoms with Gasteiger partial charge in [0.05, 0.1) is 7.11 Å². The molecular weight excluding hydrogens is 352 g/mol.